The first kappa shape index (κ1) is 21.0. The Morgan fingerprint density at radius 1 is 1.23 bits per heavy atom. The molecule has 0 radical (unpaired) electrons. The van der Waals surface area contributed by atoms with E-state index in [9.17, 15) is 24.5 Å². The molecule has 0 amide bonds. The minimum atomic E-state index is -1.06. The Kier molecular flexibility index (Phi) is 8.14. The second-order valence-electron chi connectivity index (χ2n) is 5.52. The van der Waals surface area contributed by atoms with E-state index in [4.69, 9.17) is 9.47 Å². The number of ketones is 1. The van der Waals surface area contributed by atoms with Gasteiger partial charge in [0.1, 0.15) is 0 Å². The zero-order valence-corrected chi connectivity index (χ0v) is 14.8. The number of ether oxygens (including phenoxy) is 2. The molecule has 0 aromatic heterocycles. The maximum absolute atomic E-state index is 12.3. The highest BCUT2D eigenvalue weighted by Gasteiger charge is 2.28. The topological polar surface area (TPSA) is 113 Å². The maximum atomic E-state index is 12.3. The van der Waals surface area contributed by atoms with Crippen LogP contribution < -0.4 is 0 Å². The number of carbonyl (C=O) groups excluding carboxylic acids is 3. The molecule has 0 spiro atoms. The van der Waals surface area contributed by atoms with Gasteiger partial charge in [-0.25, -0.2) is 4.79 Å². The van der Waals surface area contributed by atoms with Gasteiger partial charge in [-0.3, -0.25) is 19.7 Å². The fraction of sp³-hybridized carbons (Fsp3) is 0.389. The summed E-state index contributed by atoms with van der Waals surface area (Å²) < 4.78 is 9.96. The van der Waals surface area contributed by atoms with E-state index in [-0.39, 0.29) is 17.7 Å². The van der Waals surface area contributed by atoms with Crippen molar-refractivity contribution >= 4 is 29.5 Å². The maximum Gasteiger partial charge on any atom is 0.331 e. The second kappa shape index (κ2) is 10.1. The van der Waals surface area contributed by atoms with Gasteiger partial charge in [-0.15, -0.1) is 0 Å². The van der Waals surface area contributed by atoms with Crippen LogP contribution in [-0.2, 0) is 23.9 Å². The van der Waals surface area contributed by atoms with Gasteiger partial charge in [0.15, 0.2) is 12.2 Å². The van der Waals surface area contributed by atoms with Crippen LogP contribution in [0.25, 0.3) is 6.08 Å². The summed E-state index contributed by atoms with van der Waals surface area (Å²) >= 11 is 0. The lowest BCUT2D eigenvalue weighted by Gasteiger charge is -2.19. The highest BCUT2D eigenvalue weighted by molar-refractivity contribution is 5.93. The molecule has 2 unspecified atom stereocenters. The highest BCUT2D eigenvalue weighted by atomic mass is 16.6. The van der Waals surface area contributed by atoms with Crippen molar-refractivity contribution in [2.45, 2.75) is 45.8 Å². The van der Waals surface area contributed by atoms with Crippen molar-refractivity contribution in [1.29, 1.82) is 0 Å². The van der Waals surface area contributed by atoms with Gasteiger partial charge in [-0.2, -0.15) is 0 Å². The molecule has 0 saturated carbocycles. The van der Waals surface area contributed by atoms with E-state index in [2.05, 4.69) is 0 Å². The standard InChI is InChI=1S/C18H21NO7/c1-4-7-16(18(22)12(2)25-13(3)20)26-17(21)11-10-14-8-5-6-9-15(14)19(23)24/h5-6,8-12,16H,4,7H2,1-3H3/b11-10+. The average Bonchev–Trinajstić information content (AvgIpc) is 2.58. The van der Waals surface area contributed by atoms with Gasteiger partial charge in [0.2, 0.25) is 5.78 Å². The van der Waals surface area contributed by atoms with Crippen molar-refractivity contribution in [3.8, 4) is 0 Å². The molecular formula is C18H21NO7. The van der Waals surface area contributed by atoms with Crippen molar-refractivity contribution in [1.82, 2.24) is 0 Å². The quantitative estimate of drug-likeness (QED) is 0.287. The van der Waals surface area contributed by atoms with Crippen LogP contribution in [0.5, 0.6) is 0 Å². The normalized spacial score (nSPS) is 13.0. The van der Waals surface area contributed by atoms with E-state index in [1.54, 1.807) is 6.07 Å². The first-order valence-electron chi connectivity index (χ1n) is 8.09. The molecule has 1 aromatic carbocycles. The predicted molar refractivity (Wildman–Crippen MR) is 93.2 cm³/mol. The summed E-state index contributed by atoms with van der Waals surface area (Å²) in [7, 11) is 0. The summed E-state index contributed by atoms with van der Waals surface area (Å²) in [4.78, 5) is 45.6. The number of para-hydroxylation sites is 1. The van der Waals surface area contributed by atoms with Crippen LogP contribution in [0.15, 0.2) is 30.3 Å². The molecule has 8 nitrogen and oxygen atoms in total. The Bertz CT molecular complexity index is 711. The number of carbonyl (C=O) groups is 3. The third-order valence-corrected chi connectivity index (χ3v) is 3.40. The number of benzene rings is 1. The molecular weight excluding hydrogens is 342 g/mol. The van der Waals surface area contributed by atoms with Gasteiger partial charge in [0, 0.05) is 19.1 Å². The molecule has 8 heteroatoms. The van der Waals surface area contributed by atoms with Crippen molar-refractivity contribution in [2.75, 3.05) is 0 Å². The van der Waals surface area contributed by atoms with E-state index >= 15 is 0 Å². The molecule has 0 aliphatic rings. The van der Waals surface area contributed by atoms with Gasteiger partial charge >= 0.3 is 11.9 Å². The molecule has 0 bridgehead atoms. The fourth-order valence-corrected chi connectivity index (χ4v) is 2.22. The van der Waals surface area contributed by atoms with Crippen molar-refractivity contribution < 1.29 is 28.8 Å². The monoisotopic (exact) mass is 363 g/mol. The Hall–Kier alpha value is -3.03. The van der Waals surface area contributed by atoms with E-state index in [1.165, 1.54) is 38.1 Å². The summed E-state index contributed by atoms with van der Waals surface area (Å²) in [5.41, 5.74) is 0.0855. The number of Topliss-reactive ketones (excluding diaryl/α,β-unsaturated/α-hetero) is 1. The van der Waals surface area contributed by atoms with Crippen molar-refractivity contribution in [3.63, 3.8) is 0 Å². The summed E-state index contributed by atoms with van der Waals surface area (Å²) in [6.07, 6.45) is 1.03. The van der Waals surface area contributed by atoms with Crippen LogP contribution in [0.2, 0.25) is 0 Å². The van der Waals surface area contributed by atoms with Crippen LogP contribution in [-0.4, -0.2) is 34.9 Å². The second-order valence-corrected chi connectivity index (χ2v) is 5.52. The zero-order valence-electron chi connectivity index (χ0n) is 14.8. The minimum Gasteiger partial charge on any atom is -0.455 e. The number of nitro benzene ring substituents is 1. The van der Waals surface area contributed by atoms with Crippen LogP contribution >= 0.6 is 0 Å². The van der Waals surface area contributed by atoms with Gasteiger partial charge in [0.05, 0.1) is 10.5 Å². The summed E-state index contributed by atoms with van der Waals surface area (Å²) in [6.45, 7) is 4.40. The van der Waals surface area contributed by atoms with E-state index in [0.29, 0.717) is 6.42 Å². The van der Waals surface area contributed by atoms with Crippen LogP contribution in [0.4, 0.5) is 5.69 Å². The molecule has 0 N–H and O–H groups in total. The zero-order chi connectivity index (χ0) is 19.7. The number of hydrogen-bond acceptors (Lipinski definition) is 7. The molecule has 0 aliphatic heterocycles. The average molecular weight is 363 g/mol. The third kappa shape index (κ3) is 6.46. The number of nitro groups is 1. The molecule has 26 heavy (non-hydrogen) atoms. The lowest BCUT2D eigenvalue weighted by molar-refractivity contribution is -0.385. The lowest BCUT2D eigenvalue weighted by atomic mass is 10.1. The van der Waals surface area contributed by atoms with E-state index < -0.39 is 34.9 Å². The Labute approximate surface area is 150 Å². The predicted octanol–water partition coefficient (Wildman–Crippen LogP) is 2.84. The van der Waals surface area contributed by atoms with Crippen LogP contribution in [0, 0.1) is 10.1 Å². The smallest absolute Gasteiger partial charge is 0.331 e. The van der Waals surface area contributed by atoms with E-state index in [0.717, 1.165) is 6.08 Å². The van der Waals surface area contributed by atoms with Gasteiger partial charge in [-0.1, -0.05) is 25.5 Å². The summed E-state index contributed by atoms with van der Waals surface area (Å²) in [5, 5.41) is 11.0. The Morgan fingerprint density at radius 2 is 1.88 bits per heavy atom. The van der Waals surface area contributed by atoms with Crippen molar-refractivity contribution in [3.05, 3.63) is 46.0 Å². The van der Waals surface area contributed by atoms with Gasteiger partial charge in [0.25, 0.3) is 5.69 Å². The SMILES string of the molecule is CCCC(OC(=O)/C=C/c1ccccc1[N+](=O)[O-])C(=O)C(C)OC(C)=O. The molecule has 1 aromatic rings. The lowest BCUT2D eigenvalue weighted by Crippen LogP contribution is -2.36. The molecule has 0 fully saturated rings. The van der Waals surface area contributed by atoms with Gasteiger partial charge in [-0.05, 0) is 25.5 Å². The Morgan fingerprint density at radius 3 is 2.46 bits per heavy atom. The number of esters is 2. The summed E-state index contributed by atoms with van der Waals surface area (Å²) in [5.74, 6) is -1.94. The number of hydrogen-bond donors (Lipinski definition) is 0. The minimum absolute atomic E-state index is 0.152. The number of nitrogens with zero attached hydrogens (tertiary/aromatic N) is 1. The Balaban J connectivity index is 2.83. The molecule has 1 rings (SSSR count). The van der Waals surface area contributed by atoms with Crippen molar-refractivity contribution in [2.24, 2.45) is 0 Å². The van der Waals surface area contributed by atoms with Crippen LogP contribution in [0.1, 0.15) is 39.2 Å². The first-order valence-corrected chi connectivity index (χ1v) is 8.09. The van der Waals surface area contributed by atoms with Crippen LogP contribution in [0.3, 0.4) is 0 Å². The fourth-order valence-electron chi connectivity index (χ4n) is 2.22. The molecule has 0 aliphatic carbocycles. The molecule has 0 heterocycles. The summed E-state index contributed by atoms with van der Waals surface area (Å²) in [6, 6.07) is 5.91. The highest BCUT2D eigenvalue weighted by Crippen LogP contribution is 2.19. The third-order valence-electron chi connectivity index (χ3n) is 3.40. The molecule has 2 atom stereocenters. The molecule has 0 saturated heterocycles. The largest absolute Gasteiger partial charge is 0.455 e. The van der Waals surface area contributed by atoms with Gasteiger partial charge < -0.3 is 9.47 Å². The first-order chi connectivity index (χ1) is 12.3. The van der Waals surface area contributed by atoms with E-state index in [1.807, 2.05) is 6.92 Å². The molecule has 140 valence electrons. The number of rotatable bonds is 9.